The standard InChI is InChI=1S/C20H19N3O/c1-16(22-20(24)12-11-17-7-3-2-4-8-17)18-9-5-10-19(15-18)23-14-6-13-21-23/h2-13,15-16H,14H2,1H3/p+1/b12-11+/t16-/m0/s1. The van der Waals surface area contributed by atoms with E-state index in [1.807, 2.05) is 72.3 Å². The van der Waals surface area contributed by atoms with Gasteiger partial charge in [-0.05, 0) is 29.2 Å². The van der Waals surface area contributed by atoms with Crippen molar-refractivity contribution in [2.45, 2.75) is 13.0 Å². The van der Waals surface area contributed by atoms with E-state index in [1.165, 1.54) is 0 Å². The molecule has 0 bridgehead atoms. The second kappa shape index (κ2) is 7.51. The second-order valence-electron chi connectivity index (χ2n) is 5.65. The van der Waals surface area contributed by atoms with Crippen molar-refractivity contribution in [3.05, 3.63) is 84.1 Å². The third kappa shape index (κ3) is 4.04. The highest BCUT2D eigenvalue weighted by Crippen LogP contribution is 2.21. The summed E-state index contributed by atoms with van der Waals surface area (Å²) in [5, 5.41) is 7.28. The van der Waals surface area contributed by atoms with E-state index in [1.54, 1.807) is 12.3 Å². The van der Waals surface area contributed by atoms with Crippen molar-refractivity contribution in [3.63, 3.8) is 0 Å². The molecule has 0 spiro atoms. The molecule has 0 aromatic heterocycles. The van der Waals surface area contributed by atoms with E-state index in [4.69, 9.17) is 0 Å². The van der Waals surface area contributed by atoms with Gasteiger partial charge in [0, 0.05) is 24.3 Å². The first-order valence-electron chi connectivity index (χ1n) is 7.99. The lowest BCUT2D eigenvalue weighted by molar-refractivity contribution is -0.492. The topological polar surface area (TPSA) is 44.5 Å². The van der Waals surface area contributed by atoms with Gasteiger partial charge in [-0.25, -0.2) is 0 Å². The molecule has 4 nitrogen and oxygen atoms in total. The molecule has 120 valence electrons. The zero-order valence-electron chi connectivity index (χ0n) is 13.6. The number of amides is 1. The average Bonchev–Trinajstić information content (AvgIpc) is 3.16. The van der Waals surface area contributed by atoms with Crippen LogP contribution in [0.15, 0.2) is 78.1 Å². The Morgan fingerprint density at radius 1 is 1.21 bits per heavy atom. The maximum absolute atomic E-state index is 12.1. The molecule has 1 N–H and O–H groups in total. The lowest BCUT2D eigenvalue weighted by Gasteiger charge is -2.12. The molecule has 0 saturated heterocycles. The zero-order valence-corrected chi connectivity index (χ0v) is 13.6. The maximum atomic E-state index is 12.1. The van der Waals surface area contributed by atoms with E-state index >= 15 is 0 Å². The Labute approximate surface area is 141 Å². The van der Waals surface area contributed by atoms with E-state index in [0.717, 1.165) is 23.4 Å². The summed E-state index contributed by atoms with van der Waals surface area (Å²) in [5.74, 6) is -0.107. The fourth-order valence-corrected chi connectivity index (χ4v) is 2.53. The summed E-state index contributed by atoms with van der Waals surface area (Å²) < 4.78 is 1.92. The molecule has 1 heterocycles. The minimum Gasteiger partial charge on any atom is -0.346 e. The summed E-state index contributed by atoms with van der Waals surface area (Å²) in [5.41, 5.74) is 3.08. The van der Waals surface area contributed by atoms with Gasteiger partial charge in [-0.15, -0.1) is 0 Å². The highest BCUT2D eigenvalue weighted by Gasteiger charge is 2.15. The molecule has 24 heavy (non-hydrogen) atoms. The SMILES string of the molecule is C[C@H](NC(=O)/C=C/c1ccccc1)c1cccc([N+]2=NC=CC2)c1. The maximum Gasteiger partial charge on any atom is 0.244 e. The van der Waals surface area contributed by atoms with Crippen LogP contribution in [0.3, 0.4) is 0 Å². The predicted molar refractivity (Wildman–Crippen MR) is 94.8 cm³/mol. The van der Waals surface area contributed by atoms with Crippen molar-refractivity contribution in [2.75, 3.05) is 6.54 Å². The van der Waals surface area contributed by atoms with Gasteiger partial charge in [-0.1, -0.05) is 47.2 Å². The Kier molecular flexibility index (Phi) is 4.96. The molecule has 2 aromatic rings. The van der Waals surface area contributed by atoms with Gasteiger partial charge in [0.1, 0.15) is 0 Å². The summed E-state index contributed by atoms with van der Waals surface area (Å²) in [7, 11) is 0. The van der Waals surface area contributed by atoms with Gasteiger partial charge in [-0.3, -0.25) is 4.79 Å². The number of rotatable bonds is 5. The van der Waals surface area contributed by atoms with Crippen molar-refractivity contribution in [1.82, 2.24) is 5.32 Å². The molecule has 0 saturated carbocycles. The van der Waals surface area contributed by atoms with Crippen LogP contribution in [0, 0.1) is 0 Å². The highest BCUT2D eigenvalue weighted by molar-refractivity contribution is 5.91. The van der Waals surface area contributed by atoms with Gasteiger partial charge >= 0.3 is 0 Å². The number of hydrogen-bond donors (Lipinski definition) is 1. The summed E-state index contributed by atoms with van der Waals surface area (Å²) in [6.45, 7) is 2.76. The number of carbonyl (C=O) groups is 1. The molecule has 1 aliphatic rings. The van der Waals surface area contributed by atoms with Gasteiger partial charge in [-0.2, -0.15) is 0 Å². The van der Waals surface area contributed by atoms with Crippen LogP contribution in [0.25, 0.3) is 6.08 Å². The molecule has 1 atom stereocenters. The normalized spacial score (nSPS) is 14.6. The minimum atomic E-state index is -0.107. The number of benzene rings is 2. The Bertz CT molecular complexity index is 807. The van der Waals surface area contributed by atoms with Crippen LogP contribution >= 0.6 is 0 Å². The van der Waals surface area contributed by atoms with E-state index in [0.29, 0.717) is 0 Å². The van der Waals surface area contributed by atoms with Crippen LogP contribution in [-0.4, -0.2) is 17.1 Å². The van der Waals surface area contributed by atoms with E-state index in [2.05, 4.69) is 16.5 Å². The first-order valence-corrected chi connectivity index (χ1v) is 7.99. The average molecular weight is 318 g/mol. The molecule has 0 aliphatic carbocycles. The lowest BCUT2D eigenvalue weighted by atomic mass is 10.1. The second-order valence-corrected chi connectivity index (χ2v) is 5.65. The Morgan fingerprint density at radius 3 is 2.79 bits per heavy atom. The predicted octanol–water partition coefficient (Wildman–Crippen LogP) is 4.20. The molecule has 3 rings (SSSR count). The molecule has 1 aliphatic heterocycles. The van der Waals surface area contributed by atoms with Crippen molar-refractivity contribution >= 4 is 17.7 Å². The van der Waals surface area contributed by atoms with Crippen molar-refractivity contribution in [1.29, 1.82) is 0 Å². The summed E-state index contributed by atoms with van der Waals surface area (Å²) >= 11 is 0. The van der Waals surface area contributed by atoms with Crippen molar-refractivity contribution in [2.24, 2.45) is 5.11 Å². The van der Waals surface area contributed by atoms with Crippen LogP contribution in [0.4, 0.5) is 5.69 Å². The fraction of sp³-hybridized carbons (Fsp3) is 0.150. The van der Waals surface area contributed by atoms with Gasteiger partial charge in [0.05, 0.1) is 12.2 Å². The number of nitrogens with zero attached hydrogens (tertiary/aromatic N) is 2. The lowest BCUT2D eigenvalue weighted by Crippen LogP contribution is -2.24. The first kappa shape index (κ1) is 15.9. The highest BCUT2D eigenvalue weighted by atomic mass is 16.1. The fourth-order valence-electron chi connectivity index (χ4n) is 2.53. The smallest absolute Gasteiger partial charge is 0.244 e. The molecule has 0 unspecified atom stereocenters. The monoisotopic (exact) mass is 318 g/mol. The number of carbonyl (C=O) groups excluding carboxylic acids is 1. The molecule has 4 heteroatoms. The van der Waals surface area contributed by atoms with Gasteiger partial charge in [0.25, 0.3) is 0 Å². The number of nitrogens with one attached hydrogen (secondary N) is 1. The van der Waals surface area contributed by atoms with Crippen LogP contribution in [0.5, 0.6) is 0 Å². The van der Waals surface area contributed by atoms with E-state index in [9.17, 15) is 4.79 Å². The van der Waals surface area contributed by atoms with Crippen LogP contribution < -0.4 is 5.32 Å². The minimum absolute atomic E-state index is 0.0755. The van der Waals surface area contributed by atoms with Crippen LogP contribution in [-0.2, 0) is 4.79 Å². The van der Waals surface area contributed by atoms with E-state index < -0.39 is 0 Å². The summed E-state index contributed by atoms with van der Waals surface area (Å²) in [6, 6.07) is 17.8. The molecule has 1 amide bonds. The molecular formula is C20H20N3O+. The van der Waals surface area contributed by atoms with Gasteiger partial charge in [0.2, 0.25) is 11.6 Å². The molecule has 0 fully saturated rings. The van der Waals surface area contributed by atoms with Crippen LogP contribution in [0.1, 0.15) is 24.1 Å². The number of azo groups is 2. The largest absolute Gasteiger partial charge is 0.346 e. The van der Waals surface area contributed by atoms with Crippen molar-refractivity contribution in [3.8, 4) is 0 Å². The molecule has 0 radical (unpaired) electrons. The third-order valence-electron chi connectivity index (χ3n) is 3.84. The van der Waals surface area contributed by atoms with E-state index in [-0.39, 0.29) is 11.9 Å². The quantitative estimate of drug-likeness (QED) is 0.651. The first-order chi connectivity index (χ1) is 11.7. The summed E-state index contributed by atoms with van der Waals surface area (Å²) in [6.07, 6.45) is 7.18. The Morgan fingerprint density at radius 2 is 2.04 bits per heavy atom. The summed E-state index contributed by atoms with van der Waals surface area (Å²) in [4.78, 5) is 12.1. The van der Waals surface area contributed by atoms with Gasteiger partial charge in [0.15, 0.2) is 6.54 Å². The third-order valence-corrected chi connectivity index (χ3v) is 3.84. The Balaban J connectivity index is 1.64. The molecule has 2 aromatic carbocycles. The Hall–Kier alpha value is -3.01. The number of hydrogen-bond acceptors (Lipinski definition) is 2. The molecular weight excluding hydrogens is 298 g/mol. The van der Waals surface area contributed by atoms with Gasteiger partial charge < -0.3 is 5.32 Å². The van der Waals surface area contributed by atoms with Crippen LogP contribution in [0.2, 0.25) is 0 Å². The zero-order chi connectivity index (χ0) is 16.8. The van der Waals surface area contributed by atoms with Crippen molar-refractivity contribution < 1.29 is 9.49 Å².